The van der Waals surface area contributed by atoms with E-state index in [1.165, 1.54) is 20.1 Å². The molecule has 122 valence electrons. The number of pyridine rings is 1. The summed E-state index contributed by atoms with van der Waals surface area (Å²) in [6, 6.07) is 14.9. The molecule has 0 aliphatic carbocycles. The van der Waals surface area contributed by atoms with E-state index in [1.807, 2.05) is 11.3 Å². The molecule has 0 fully saturated rings. The first-order chi connectivity index (χ1) is 11.7. The predicted molar refractivity (Wildman–Crippen MR) is 105 cm³/mol. The first-order valence-corrected chi connectivity index (χ1v) is 10.1. The van der Waals surface area contributed by atoms with Gasteiger partial charge in [-0.1, -0.05) is 26.0 Å². The van der Waals surface area contributed by atoms with E-state index in [2.05, 4.69) is 61.7 Å². The molecule has 4 heteroatoms. The van der Waals surface area contributed by atoms with Crippen LogP contribution in [0.15, 0.2) is 47.8 Å². The van der Waals surface area contributed by atoms with Gasteiger partial charge in [0.1, 0.15) is 0 Å². The van der Waals surface area contributed by atoms with Crippen molar-refractivity contribution < 1.29 is 0 Å². The van der Waals surface area contributed by atoms with Crippen LogP contribution >= 0.6 is 22.7 Å². The minimum atomic E-state index is 0.478. The van der Waals surface area contributed by atoms with Gasteiger partial charge in [0.15, 0.2) is 0 Å². The van der Waals surface area contributed by atoms with E-state index >= 15 is 0 Å². The zero-order chi connectivity index (χ0) is 16.5. The average Bonchev–Trinajstić information content (AvgIpc) is 3.24. The van der Waals surface area contributed by atoms with E-state index in [1.54, 1.807) is 11.3 Å². The van der Waals surface area contributed by atoms with Gasteiger partial charge in [0.25, 0.3) is 0 Å². The number of benzene rings is 1. The first kappa shape index (κ1) is 15.7. The lowest BCUT2D eigenvalue weighted by Gasteiger charge is -2.14. The molecule has 0 N–H and O–H groups in total. The molecule has 4 rings (SSSR count). The Kier molecular flexibility index (Phi) is 4.33. The summed E-state index contributed by atoms with van der Waals surface area (Å²) in [6.07, 6.45) is 2.28. The van der Waals surface area contributed by atoms with Crippen LogP contribution in [-0.4, -0.2) is 9.97 Å². The smallest absolute Gasteiger partial charge is 0.0966 e. The van der Waals surface area contributed by atoms with Crippen molar-refractivity contribution >= 4 is 43.1 Å². The molecular formula is C20H20N2S2. The second kappa shape index (κ2) is 6.61. The molecule has 0 saturated heterocycles. The van der Waals surface area contributed by atoms with Crippen LogP contribution in [-0.2, 0) is 0 Å². The maximum absolute atomic E-state index is 4.82. The van der Waals surface area contributed by atoms with Gasteiger partial charge in [-0.15, -0.1) is 22.7 Å². The van der Waals surface area contributed by atoms with Crippen LogP contribution < -0.4 is 0 Å². The van der Waals surface area contributed by atoms with Gasteiger partial charge in [0, 0.05) is 11.6 Å². The highest BCUT2D eigenvalue weighted by molar-refractivity contribution is 7.18. The van der Waals surface area contributed by atoms with Crippen molar-refractivity contribution in [2.45, 2.75) is 38.5 Å². The van der Waals surface area contributed by atoms with Crippen molar-refractivity contribution in [2.24, 2.45) is 0 Å². The van der Waals surface area contributed by atoms with Gasteiger partial charge in [-0.05, 0) is 54.5 Å². The minimum Gasteiger partial charge on any atom is -0.252 e. The summed E-state index contributed by atoms with van der Waals surface area (Å²) < 4.78 is 2.56. The third kappa shape index (κ3) is 3.08. The molecule has 0 aliphatic heterocycles. The Balaban J connectivity index is 1.44. The second-order valence-electron chi connectivity index (χ2n) is 6.44. The van der Waals surface area contributed by atoms with Crippen molar-refractivity contribution in [3.05, 3.63) is 58.5 Å². The Morgan fingerprint density at radius 3 is 2.50 bits per heavy atom. The number of thiophene rings is 1. The molecule has 3 heterocycles. The fourth-order valence-corrected chi connectivity index (χ4v) is 4.79. The minimum absolute atomic E-state index is 0.478. The van der Waals surface area contributed by atoms with E-state index in [4.69, 9.17) is 9.97 Å². The number of hydrogen-bond acceptors (Lipinski definition) is 4. The third-order valence-electron chi connectivity index (χ3n) is 4.60. The van der Waals surface area contributed by atoms with Crippen LogP contribution in [0.3, 0.4) is 0 Å². The lowest BCUT2D eigenvalue weighted by Crippen LogP contribution is -2.00. The van der Waals surface area contributed by atoms with Gasteiger partial charge < -0.3 is 0 Å². The summed E-state index contributed by atoms with van der Waals surface area (Å²) >= 11 is 3.59. The van der Waals surface area contributed by atoms with Crippen LogP contribution in [0.5, 0.6) is 0 Å². The lowest BCUT2D eigenvalue weighted by molar-refractivity contribution is 0.565. The SMILES string of the molecule is CC(CCC(C)c1nc2ccccc2s1)c1ccc2sccc2n1. The largest absolute Gasteiger partial charge is 0.252 e. The fourth-order valence-electron chi connectivity index (χ4n) is 3.02. The molecule has 1 aromatic carbocycles. The van der Waals surface area contributed by atoms with E-state index < -0.39 is 0 Å². The highest BCUT2D eigenvalue weighted by Gasteiger charge is 2.15. The molecule has 0 aliphatic rings. The summed E-state index contributed by atoms with van der Waals surface area (Å²) in [5, 5.41) is 3.37. The zero-order valence-corrected chi connectivity index (χ0v) is 15.5. The van der Waals surface area contributed by atoms with Gasteiger partial charge in [-0.2, -0.15) is 0 Å². The highest BCUT2D eigenvalue weighted by atomic mass is 32.1. The van der Waals surface area contributed by atoms with Crippen molar-refractivity contribution in [3.63, 3.8) is 0 Å². The molecule has 0 bridgehead atoms. The number of thiazole rings is 1. The number of fused-ring (bicyclic) bond motifs is 2. The van der Waals surface area contributed by atoms with Gasteiger partial charge >= 0.3 is 0 Å². The molecule has 24 heavy (non-hydrogen) atoms. The Morgan fingerprint density at radius 2 is 1.62 bits per heavy atom. The van der Waals surface area contributed by atoms with Gasteiger partial charge in [0.2, 0.25) is 0 Å². The summed E-state index contributed by atoms with van der Waals surface area (Å²) in [4.78, 5) is 9.62. The lowest BCUT2D eigenvalue weighted by atomic mass is 9.95. The van der Waals surface area contributed by atoms with Crippen molar-refractivity contribution in [1.29, 1.82) is 0 Å². The standard InChI is InChI=1S/C20H20N2S2/c1-13(15-9-10-18-17(21-15)11-12-23-18)7-8-14(2)20-22-16-5-3-4-6-19(16)24-20/h3-6,9-14H,7-8H2,1-2H3. The average molecular weight is 353 g/mol. The molecule has 0 spiro atoms. The molecule has 0 radical (unpaired) electrons. The van der Waals surface area contributed by atoms with E-state index in [0.717, 1.165) is 23.9 Å². The van der Waals surface area contributed by atoms with Gasteiger partial charge in [-0.25, -0.2) is 4.98 Å². The van der Waals surface area contributed by atoms with Gasteiger partial charge in [0.05, 0.1) is 25.4 Å². The molecular weight excluding hydrogens is 332 g/mol. The Hall–Kier alpha value is -1.78. The molecule has 2 atom stereocenters. The molecule has 0 saturated carbocycles. The summed E-state index contributed by atoms with van der Waals surface area (Å²) in [5.41, 5.74) is 3.46. The third-order valence-corrected chi connectivity index (χ3v) is 6.74. The maximum atomic E-state index is 4.82. The van der Waals surface area contributed by atoms with Crippen LogP contribution in [0.25, 0.3) is 20.4 Å². The number of nitrogens with zero attached hydrogens (tertiary/aromatic N) is 2. The second-order valence-corrected chi connectivity index (χ2v) is 8.45. The summed E-state index contributed by atoms with van der Waals surface area (Å²) in [7, 11) is 0. The van der Waals surface area contributed by atoms with E-state index in [9.17, 15) is 0 Å². The van der Waals surface area contributed by atoms with Crippen molar-refractivity contribution in [1.82, 2.24) is 9.97 Å². The van der Waals surface area contributed by atoms with Crippen LogP contribution in [0.4, 0.5) is 0 Å². The summed E-state index contributed by atoms with van der Waals surface area (Å²) in [6.45, 7) is 4.57. The summed E-state index contributed by atoms with van der Waals surface area (Å²) in [5.74, 6) is 0.973. The molecule has 0 amide bonds. The fraction of sp³-hybridized carbons (Fsp3) is 0.300. The first-order valence-electron chi connectivity index (χ1n) is 8.40. The number of hydrogen-bond donors (Lipinski definition) is 0. The van der Waals surface area contributed by atoms with E-state index in [0.29, 0.717) is 11.8 Å². The number of para-hydroxylation sites is 1. The van der Waals surface area contributed by atoms with Crippen LogP contribution in [0.2, 0.25) is 0 Å². The molecule has 2 unspecified atom stereocenters. The zero-order valence-electron chi connectivity index (χ0n) is 13.9. The van der Waals surface area contributed by atoms with E-state index in [-0.39, 0.29) is 0 Å². The monoisotopic (exact) mass is 352 g/mol. The normalized spacial score (nSPS) is 14.2. The highest BCUT2D eigenvalue weighted by Crippen LogP contribution is 2.32. The van der Waals surface area contributed by atoms with Crippen molar-refractivity contribution in [2.75, 3.05) is 0 Å². The van der Waals surface area contributed by atoms with Crippen LogP contribution in [0.1, 0.15) is 49.2 Å². The Morgan fingerprint density at radius 1 is 0.833 bits per heavy atom. The topological polar surface area (TPSA) is 25.8 Å². The maximum Gasteiger partial charge on any atom is 0.0966 e. The van der Waals surface area contributed by atoms with Gasteiger partial charge in [-0.3, -0.25) is 4.98 Å². The Labute approximate surface area is 150 Å². The molecule has 2 nitrogen and oxygen atoms in total. The number of rotatable bonds is 5. The predicted octanol–water partition coefficient (Wildman–Crippen LogP) is 6.59. The van der Waals surface area contributed by atoms with Crippen LogP contribution in [0, 0.1) is 0 Å². The Bertz CT molecular complexity index is 929. The molecule has 3 aromatic heterocycles. The van der Waals surface area contributed by atoms with Crippen molar-refractivity contribution in [3.8, 4) is 0 Å². The quantitative estimate of drug-likeness (QED) is 0.405. The molecule has 4 aromatic rings. The number of aromatic nitrogens is 2.